The van der Waals surface area contributed by atoms with E-state index in [9.17, 15) is 17.6 Å². The average Bonchev–Trinajstić information content (AvgIpc) is 2.84. The van der Waals surface area contributed by atoms with Crippen molar-refractivity contribution in [3.8, 4) is 0 Å². The first-order valence-corrected chi connectivity index (χ1v) is 5.60. The number of halogens is 4. The minimum atomic E-state index is -1.44. The molecule has 19 heavy (non-hydrogen) atoms. The molecule has 1 N–H and O–H groups in total. The van der Waals surface area contributed by atoms with Gasteiger partial charge in [-0.15, -0.1) is 0 Å². The Morgan fingerprint density at radius 2 is 1.79 bits per heavy atom. The van der Waals surface area contributed by atoms with Gasteiger partial charge in [0.1, 0.15) is 5.69 Å². The van der Waals surface area contributed by atoms with Gasteiger partial charge in [0.15, 0.2) is 23.3 Å². The Bertz CT molecular complexity index is 569. The minimum absolute atomic E-state index is 0.00454. The van der Waals surface area contributed by atoms with Crippen LogP contribution < -0.4 is 5.32 Å². The van der Waals surface area contributed by atoms with Gasteiger partial charge < -0.3 is 9.88 Å². The molecule has 0 atom stereocenters. The fraction of sp³-hybridized carbons (Fsp3) is 0.250. The van der Waals surface area contributed by atoms with Gasteiger partial charge in [-0.2, -0.15) is 0 Å². The second-order valence-electron chi connectivity index (χ2n) is 3.87. The molecular formula is C12H11F4N3. The third-order valence-corrected chi connectivity index (χ3v) is 2.70. The number of nitrogens with zero attached hydrogens (tertiary/aromatic N) is 2. The third-order valence-electron chi connectivity index (χ3n) is 2.70. The number of anilines is 1. The summed E-state index contributed by atoms with van der Waals surface area (Å²) in [6.45, 7) is 2.50. The molecule has 102 valence electrons. The number of nitrogens with one attached hydrogen (secondary N) is 1. The van der Waals surface area contributed by atoms with Gasteiger partial charge in [-0.1, -0.05) is 0 Å². The van der Waals surface area contributed by atoms with E-state index in [0.29, 0.717) is 12.2 Å². The Hall–Kier alpha value is -2.05. The molecule has 0 unspecified atom stereocenters. The summed E-state index contributed by atoms with van der Waals surface area (Å²) in [5.74, 6) is -5.77. The van der Waals surface area contributed by atoms with Crippen molar-refractivity contribution in [2.75, 3.05) is 5.32 Å². The lowest BCUT2D eigenvalue weighted by Gasteiger charge is -2.11. The van der Waals surface area contributed by atoms with Crippen LogP contribution in [0.5, 0.6) is 0 Å². The van der Waals surface area contributed by atoms with Crippen molar-refractivity contribution in [3.05, 3.63) is 47.6 Å². The Balaban J connectivity index is 2.25. The van der Waals surface area contributed by atoms with Crippen LogP contribution >= 0.6 is 0 Å². The number of aromatic nitrogens is 2. The van der Waals surface area contributed by atoms with Crippen molar-refractivity contribution in [1.29, 1.82) is 0 Å². The van der Waals surface area contributed by atoms with Crippen LogP contribution in [0.25, 0.3) is 0 Å². The first kappa shape index (κ1) is 13.4. The number of hydrogen-bond donors (Lipinski definition) is 1. The Kier molecular flexibility index (Phi) is 3.73. The molecule has 0 bridgehead atoms. The SMILES string of the molecule is CCn1cncc1CNc1c(F)c(F)cc(F)c1F. The molecule has 0 saturated carbocycles. The van der Waals surface area contributed by atoms with E-state index in [-0.39, 0.29) is 12.6 Å². The van der Waals surface area contributed by atoms with E-state index in [1.165, 1.54) is 6.20 Å². The molecule has 0 aliphatic heterocycles. The highest BCUT2D eigenvalue weighted by Gasteiger charge is 2.19. The number of hydrogen-bond acceptors (Lipinski definition) is 2. The summed E-state index contributed by atoms with van der Waals surface area (Å²) in [6.07, 6.45) is 3.05. The van der Waals surface area contributed by atoms with Crippen molar-refractivity contribution in [2.24, 2.45) is 0 Å². The Morgan fingerprint density at radius 3 is 2.37 bits per heavy atom. The van der Waals surface area contributed by atoms with Crippen molar-refractivity contribution in [1.82, 2.24) is 9.55 Å². The third kappa shape index (κ3) is 2.54. The largest absolute Gasteiger partial charge is 0.374 e. The molecule has 0 radical (unpaired) electrons. The molecule has 1 heterocycles. The molecule has 2 aromatic rings. The fourth-order valence-electron chi connectivity index (χ4n) is 1.69. The van der Waals surface area contributed by atoms with Gasteiger partial charge in [0, 0.05) is 18.8 Å². The maximum Gasteiger partial charge on any atom is 0.185 e. The summed E-state index contributed by atoms with van der Waals surface area (Å²) in [4.78, 5) is 3.87. The van der Waals surface area contributed by atoms with Gasteiger partial charge in [0.25, 0.3) is 0 Å². The van der Waals surface area contributed by atoms with Gasteiger partial charge in [0.2, 0.25) is 0 Å². The molecule has 1 aromatic carbocycles. The predicted octanol–water partition coefficient (Wildman–Crippen LogP) is 3.07. The molecule has 0 saturated heterocycles. The zero-order valence-electron chi connectivity index (χ0n) is 10.1. The van der Waals surface area contributed by atoms with E-state index < -0.39 is 29.0 Å². The average molecular weight is 273 g/mol. The first-order chi connectivity index (χ1) is 9.04. The van der Waals surface area contributed by atoms with Crippen LogP contribution in [0.4, 0.5) is 23.2 Å². The monoisotopic (exact) mass is 273 g/mol. The predicted molar refractivity (Wildman–Crippen MR) is 61.5 cm³/mol. The summed E-state index contributed by atoms with van der Waals surface area (Å²) < 4.78 is 54.5. The number of imidazole rings is 1. The van der Waals surface area contributed by atoms with Crippen molar-refractivity contribution >= 4 is 5.69 Å². The lowest BCUT2D eigenvalue weighted by atomic mass is 10.2. The lowest BCUT2D eigenvalue weighted by molar-refractivity contribution is 0.458. The molecule has 0 spiro atoms. The molecule has 0 aliphatic rings. The summed E-state index contributed by atoms with van der Waals surface area (Å²) >= 11 is 0. The normalized spacial score (nSPS) is 10.8. The van der Waals surface area contributed by atoms with Crippen LogP contribution in [0.15, 0.2) is 18.6 Å². The zero-order valence-corrected chi connectivity index (χ0v) is 10.1. The van der Waals surface area contributed by atoms with E-state index in [4.69, 9.17) is 0 Å². The quantitative estimate of drug-likeness (QED) is 0.685. The molecule has 3 nitrogen and oxygen atoms in total. The van der Waals surface area contributed by atoms with Gasteiger partial charge >= 0.3 is 0 Å². The second-order valence-corrected chi connectivity index (χ2v) is 3.87. The molecule has 0 aliphatic carbocycles. The van der Waals surface area contributed by atoms with E-state index in [1.807, 2.05) is 6.92 Å². The highest BCUT2D eigenvalue weighted by atomic mass is 19.2. The van der Waals surface area contributed by atoms with E-state index >= 15 is 0 Å². The molecule has 1 aromatic heterocycles. The topological polar surface area (TPSA) is 29.9 Å². The maximum atomic E-state index is 13.4. The molecule has 0 fully saturated rings. The smallest absolute Gasteiger partial charge is 0.185 e. The highest BCUT2D eigenvalue weighted by molar-refractivity contribution is 5.47. The highest BCUT2D eigenvalue weighted by Crippen LogP contribution is 2.24. The fourth-order valence-corrected chi connectivity index (χ4v) is 1.69. The number of benzene rings is 1. The molecule has 7 heteroatoms. The minimum Gasteiger partial charge on any atom is -0.374 e. The second kappa shape index (κ2) is 5.29. The standard InChI is InChI=1S/C12H11F4N3/c1-2-19-6-17-4-7(19)5-18-12-10(15)8(13)3-9(14)11(12)16/h3-4,6,18H,2,5H2,1H3. The van der Waals surface area contributed by atoms with Crippen LogP contribution in [0.3, 0.4) is 0 Å². The van der Waals surface area contributed by atoms with Crippen molar-refractivity contribution < 1.29 is 17.6 Å². The molecule has 2 rings (SSSR count). The van der Waals surface area contributed by atoms with Gasteiger partial charge in [-0.25, -0.2) is 22.5 Å². The Labute approximate surface area is 106 Å². The lowest BCUT2D eigenvalue weighted by Crippen LogP contribution is -2.10. The maximum absolute atomic E-state index is 13.4. The molecular weight excluding hydrogens is 262 g/mol. The van der Waals surface area contributed by atoms with E-state index in [0.717, 1.165) is 0 Å². The Morgan fingerprint density at radius 1 is 1.16 bits per heavy atom. The van der Waals surface area contributed by atoms with Crippen molar-refractivity contribution in [2.45, 2.75) is 20.0 Å². The summed E-state index contributed by atoms with van der Waals surface area (Å²) in [5, 5.41) is 2.35. The van der Waals surface area contributed by atoms with Crippen LogP contribution in [-0.2, 0) is 13.1 Å². The van der Waals surface area contributed by atoms with Gasteiger partial charge in [0.05, 0.1) is 18.6 Å². The van der Waals surface area contributed by atoms with Crippen LogP contribution in [-0.4, -0.2) is 9.55 Å². The number of aryl methyl sites for hydroxylation is 1. The summed E-state index contributed by atoms with van der Waals surface area (Å²) in [5.41, 5.74) is -0.174. The molecule has 0 amide bonds. The van der Waals surface area contributed by atoms with Gasteiger partial charge in [-0.3, -0.25) is 0 Å². The summed E-state index contributed by atoms with van der Waals surface area (Å²) in [7, 11) is 0. The van der Waals surface area contributed by atoms with Crippen molar-refractivity contribution in [3.63, 3.8) is 0 Å². The van der Waals surface area contributed by atoms with Crippen LogP contribution in [0.2, 0.25) is 0 Å². The van der Waals surface area contributed by atoms with Crippen LogP contribution in [0.1, 0.15) is 12.6 Å². The summed E-state index contributed by atoms with van der Waals surface area (Å²) in [6, 6.07) is 0.173. The van der Waals surface area contributed by atoms with Crippen LogP contribution in [0, 0.1) is 23.3 Å². The van der Waals surface area contributed by atoms with Gasteiger partial charge in [-0.05, 0) is 6.92 Å². The number of rotatable bonds is 4. The first-order valence-electron chi connectivity index (χ1n) is 5.60. The van der Waals surface area contributed by atoms with E-state index in [1.54, 1.807) is 10.9 Å². The van der Waals surface area contributed by atoms with E-state index in [2.05, 4.69) is 10.3 Å². The zero-order chi connectivity index (χ0) is 14.0.